The Balaban J connectivity index is 2.15. The fraction of sp³-hybridized carbons (Fsp3) is 0. The topological polar surface area (TPSA) is 90.5 Å². The Kier molecular flexibility index (Phi) is 3.58. The molecule has 1 aromatic carbocycles. The van der Waals surface area contributed by atoms with Crippen LogP contribution in [-0.4, -0.2) is 21.4 Å². The zero-order chi connectivity index (χ0) is 13.0. The standard InChI is InChI=1S/C10H6FN4O2S/c11-6-1-3-7(4-2-6)17-14-8(5-16)9-13-10(12)18-15-9/h1-4H,(H2,12,13,15)/b14-8+. The Bertz CT molecular complexity index is 582. The van der Waals surface area contributed by atoms with E-state index in [9.17, 15) is 9.18 Å². The zero-order valence-electron chi connectivity index (χ0n) is 8.83. The number of hydrogen-bond donors (Lipinski definition) is 1. The molecule has 8 heteroatoms. The highest BCUT2D eigenvalue weighted by Crippen LogP contribution is 2.12. The van der Waals surface area contributed by atoms with Crippen LogP contribution in [-0.2, 0) is 4.79 Å². The van der Waals surface area contributed by atoms with Gasteiger partial charge in [0.15, 0.2) is 16.6 Å². The Morgan fingerprint density at radius 2 is 2.17 bits per heavy atom. The minimum atomic E-state index is -0.401. The Morgan fingerprint density at radius 3 is 2.72 bits per heavy atom. The first kappa shape index (κ1) is 12.1. The highest BCUT2D eigenvalue weighted by Gasteiger charge is 2.11. The fourth-order valence-corrected chi connectivity index (χ4v) is 1.46. The molecule has 0 saturated heterocycles. The highest BCUT2D eigenvalue weighted by atomic mass is 32.1. The highest BCUT2D eigenvalue weighted by molar-refractivity contribution is 7.09. The van der Waals surface area contributed by atoms with Crippen LogP contribution in [0.2, 0.25) is 0 Å². The smallest absolute Gasteiger partial charge is 0.261 e. The van der Waals surface area contributed by atoms with E-state index in [1.807, 2.05) is 0 Å². The number of nitrogens with zero attached hydrogens (tertiary/aromatic N) is 3. The van der Waals surface area contributed by atoms with Crippen LogP contribution in [0.25, 0.3) is 0 Å². The van der Waals surface area contributed by atoms with Crippen molar-refractivity contribution in [3.05, 3.63) is 35.9 Å². The quantitative estimate of drug-likeness (QED) is 0.661. The van der Waals surface area contributed by atoms with Crippen molar-refractivity contribution in [3.8, 4) is 5.75 Å². The largest absolute Gasteiger partial charge is 0.374 e. The second-order valence-corrected chi connectivity index (χ2v) is 3.83. The molecular formula is C10H6FN4O2S. The molecule has 0 saturated carbocycles. The number of anilines is 1. The average Bonchev–Trinajstić information content (AvgIpc) is 2.79. The molecule has 91 valence electrons. The van der Waals surface area contributed by atoms with Gasteiger partial charge in [-0.2, -0.15) is 9.36 Å². The predicted octanol–water partition coefficient (Wildman–Crippen LogP) is 1.15. The second kappa shape index (κ2) is 5.32. The van der Waals surface area contributed by atoms with E-state index >= 15 is 0 Å². The summed E-state index contributed by atoms with van der Waals surface area (Å²) in [6, 6.07) is 5.14. The van der Waals surface area contributed by atoms with Gasteiger partial charge >= 0.3 is 0 Å². The Hall–Kier alpha value is -2.35. The summed E-state index contributed by atoms with van der Waals surface area (Å²) < 4.78 is 16.4. The molecule has 0 amide bonds. The number of nitrogen functional groups attached to an aromatic ring is 1. The van der Waals surface area contributed by atoms with Gasteiger partial charge in [-0.25, -0.2) is 4.39 Å². The molecule has 2 aromatic rings. The van der Waals surface area contributed by atoms with Gasteiger partial charge in [0.25, 0.3) is 6.29 Å². The number of oxime groups is 1. The number of benzene rings is 1. The molecule has 1 heterocycles. The number of rotatable bonds is 4. The van der Waals surface area contributed by atoms with E-state index in [1.165, 1.54) is 24.3 Å². The second-order valence-electron chi connectivity index (χ2n) is 3.04. The van der Waals surface area contributed by atoms with Crippen LogP contribution >= 0.6 is 11.5 Å². The molecule has 0 aliphatic rings. The van der Waals surface area contributed by atoms with Crippen molar-refractivity contribution in [3.63, 3.8) is 0 Å². The molecule has 1 radical (unpaired) electrons. The van der Waals surface area contributed by atoms with Gasteiger partial charge in [-0.05, 0) is 24.3 Å². The predicted molar refractivity (Wildman–Crippen MR) is 63.6 cm³/mol. The summed E-state index contributed by atoms with van der Waals surface area (Å²) >= 11 is 0.924. The minimum Gasteiger partial charge on any atom is -0.374 e. The zero-order valence-corrected chi connectivity index (χ0v) is 9.65. The van der Waals surface area contributed by atoms with Gasteiger partial charge in [-0.15, -0.1) is 0 Å². The Morgan fingerprint density at radius 1 is 1.44 bits per heavy atom. The molecule has 2 N–H and O–H groups in total. The van der Waals surface area contributed by atoms with Crippen molar-refractivity contribution in [1.29, 1.82) is 0 Å². The van der Waals surface area contributed by atoms with Crippen molar-refractivity contribution in [1.82, 2.24) is 9.36 Å². The maximum absolute atomic E-state index is 12.6. The van der Waals surface area contributed by atoms with E-state index in [0.717, 1.165) is 11.5 Å². The third-order valence-electron chi connectivity index (χ3n) is 1.81. The maximum atomic E-state index is 12.6. The monoisotopic (exact) mass is 265 g/mol. The van der Waals surface area contributed by atoms with Crippen molar-refractivity contribution in [2.24, 2.45) is 5.16 Å². The van der Waals surface area contributed by atoms with E-state index in [4.69, 9.17) is 10.6 Å². The number of hydrogen-bond acceptors (Lipinski definition) is 7. The summed E-state index contributed by atoms with van der Waals surface area (Å²) in [5.74, 6) is -0.0931. The maximum Gasteiger partial charge on any atom is 0.261 e. The van der Waals surface area contributed by atoms with Crippen molar-refractivity contribution in [2.75, 3.05) is 5.73 Å². The molecule has 0 spiro atoms. The third kappa shape index (κ3) is 2.86. The lowest BCUT2D eigenvalue weighted by atomic mass is 10.3. The summed E-state index contributed by atoms with van der Waals surface area (Å²) in [6.45, 7) is 0. The summed E-state index contributed by atoms with van der Waals surface area (Å²) in [5.41, 5.74) is 5.16. The first-order valence-electron chi connectivity index (χ1n) is 4.67. The third-order valence-corrected chi connectivity index (χ3v) is 2.35. The van der Waals surface area contributed by atoms with Gasteiger partial charge in [-0.3, -0.25) is 4.79 Å². The van der Waals surface area contributed by atoms with Gasteiger partial charge in [0, 0.05) is 11.5 Å². The van der Waals surface area contributed by atoms with Crippen LogP contribution < -0.4 is 10.6 Å². The van der Waals surface area contributed by atoms with Gasteiger partial charge in [-0.1, -0.05) is 5.16 Å². The van der Waals surface area contributed by atoms with Gasteiger partial charge in [0.2, 0.25) is 5.82 Å². The number of carbonyl (C=O) groups excluding carboxylic acids is 1. The van der Waals surface area contributed by atoms with Crippen LogP contribution in [0, 0.1) is 5.82 Å². The van der Waals surface area contributed by atoms with E-state index < -0.39 is 5.82 Å². The molecule has 2 rings (SSSR count). The van der Waals surface area contributed by atoms with Crippen molar-refractivity contribution >= 4 is 28.7 Å². The van der Waals surface area contributed by atoms with Gasteiger partial charge in [0.05, 0.1) is 0 Å². The van der Waals surface area contributed by atoms with Crippen molar-refractivity contribution in [2.45, 2.75) is 0 Å². The molecule has 6 nitrogen and oxygen atoms in total. The number of halogens is 1. The molecule has 0 bridgehead atoms. The SMILES string of the molecule is Nc1nc(/C([C]=O)=N/Oc2ccc(F)cc2)ns1. The molecule has 1 aromatic heterocycles. The van der Waals surface area contributed by atoms with E-state index in [1.54, 1.807) is 6.29 Å². The summed E-state index contributed by atoms with van der Waals surface area (Å²) in [6.07, 6.45) is 1.54. The van der Waals surface area contributed by atoms with Gasteiger partial charge in [0.1, 0.15) is 5.82 Å². The molecule has 18 heavy (non-hydrogen) atoms. The van der Waals surface area contributed by atoms with Crippen LogP contribution in [0.15, 0.2) is 29.4 Å². The molecule has 0 aliphatic heterocycles. The lowest BCUT2D eigenvalue weighted by Gasteiger charge is -1.97. The van der Waals surface area contributed by atoms with Crippen LogP contribution in [0.1, 0.15) is 5.82 Å². The first-order valence-corrected chi connectivity index (χ1v) is 5.44. The number of nitrogens with two attached hydrogens (primary N) is 1. The van der Waals surface area contributed by atoms with E-state index in [0.29, 0.717) is 0 Å². The summed E-state index contributed by atoms with van der Waals surface area (Å²) in [4.78, 5) is 19.4. The van der Waals surface area contributed by atoms with E-state index in [-0.39, 0.29) is 22.4 Å². The number of aromatic nitrogens is 2. The fourth-order valence-electron chi connectivity index (χ4n) is 1.03. The molecule has 0 atom stereocenters. The lowest BCUT2D eigenvalue weighted by Crippen LogP contribution is -2.07. The molecule has 0 aliphatic carbocycles. The molecule has 0 unspecified atom stereocenters. The lowest BCUT2D eigenvalue weighted by molar-refractivity contribution is 0.341. The molecule has 0 fully saturated rings. The normalized spacial score (nSPS) is 11.3. The van der Waals surface area contributed by atoms with E-state index in [2.05, 4.69) is 14.5 Å². The van der Waals surface area contributed by atoms with Crippen molar-refractivity contribution < 1.29 is 14.0 Å². The minimum absolute atomic E-state index is 0.0367. The Labute approximate surface area is 105 Å². The van der Waals surface area contributed by atoms with Gasteiger partial charge < -0.3 is 10.6 Å². The first-order chi connectivity index (χ1) is 8.69. The van der Waals surface area contributed by atoms with Crippen LogP contribution in [0.4, 0.5) is 9.52 Å². The average molecular weight is 265 g/mol. The summed E-state index contributed by atoms with van der Waals surface area (Å²) in [7, 11) is 0. The van der Waals surface area contributed by atoms with Crippen LogP contribution in [0.3, 0.4) is 0 Å². The van der Waals surface area contributed by atoms with Crippen LogP contribution in [0.5, 0.6) is 5.75 Å². The molecular weight excluding hydrogens is 259 g/mol. The summed E-state index contributed by atoms with van der Waals surface area (Å²) in [5, 5.41) is 3.73.